The number of rotatable bonds is 6. The van der Waals surface area contributed by atoms with Crippen LogP contribution in [-0.2, 0) is 9.59 Å². The monoisotopic (exact) mass is 245 g/mol. The van der Waals surface area contributed by atoms with Crippen LogP contribution in [0.25, 0.3) is 0 Å². The molecule has 2 unspecified atom stereocenters. The molecule has 0 aromatic rings. The molecule has 2 N–H and O–H groups in total. The van der Waals surface area contributed by atoms with Crippen LogP contribution in [0.4, 0.5) is 0 Å². The Morgan fingerprint density at radius 1 is 1.44 bits per heavy atom. The topological polar surface area (TPSA) is 66.4 Å². The Kier molecular flexibility index (Phi) is 5.66. The van der Waals surface area contributed by atoms with Gasteiger partial charge in [0.1, 0.15) is 0 Å². The van der Waals surface area contributed by atoms with Gasteiger partial charge in [-0.05, 0) is 31.4 Å². The molecule has 0 radical (unpaired) electrons. The van der Waals surface area contributed by atoms with Crippen molar-refractivity contribution in [1.29, 1.82) is 0 Å². The SMILES string of the molecule is CCCSCC(=O)NC1CCC(C(=O)O)C1. The minimum absolute atomic E-state index is 0.0366. The van der Waals surface area contributed by atoms with Crippen molar-refractivity contribution in [3.63, 3.8) is 0 Å². The number of carbonyl (C=O) groups is 2. The molecule has 1 fully saturated rings. The van der Waals surface area contributed by atoms with Gasteiger partial charge in [0.15, 0.2) is 0 Å². The zero-order valence-corrected chi connectivity index (χ0v) is 10.4. The summed E-state index contributed by atoms with van der Waals surface area (Å²) >= 11 is 1.62. The quantitative estimate of drug-likeness (QED) is 0.696. The van der Waals surface area contributed by atoms with Crippen molar-refractivity contribution >= 4 is 23.6 Å². The number of amides is 1. The smallest absolute Gasteiger partial charge is 0.306 e. The van der Waals surface area contributed by atoms with Crippen LogP contribution in [0.3, 0.4) is 0 Å². The minimum atomic E-state index is -0.739. The Labute approximate surface area is 100 Å². The molecule has 0 aromatic heterocycles. The molecule has 5 heteroatoms. The average Bonchev–Trinajstić information content (AvgIpc) is 2.66. The third-order valence-electron chi connectivity index (χ3n) is 2.73. The Balaban J connectivity index is 2.18. The fourth-order valence-electron chi connectivity index (χ4n) is 1.92. The van der Waals surface area contributed by atoms with Crippen molar-refractivity contribution < 1.29 is 14.7 Å². The molecule has 2 atom stereocenters. The van der Waals surface area contributed by atoms with E-state index in [1.165, 1.54) is 0 Å². The summed E-state index contributed by atoms with van der Waals surface area (Å²) < 4.78 is 0. The summed E-state index contributed by atoms with van der Waals surface area (Å²) in [4.78, 5) is 22.2. The van der Waals surface area contributed by atoms with Gasteiger partial charge in [0.2, 0.25) is 5.91 Å². The van der Waals surface area contributed by atoms with Crippen molar-refractivity contribution in [3.05, 3.63) is 0 Å². The molecule has 4 nitrogen and oxygen atoms in total. The van der Waals surface area contributed by atoms with Crippen LogP contribution < -0.4 is 5.32 Å². The van der Waals surface area contributed by atoms with Gasteiger partial charge >= 0.3 is 5.97 Å². The van der Waals surface area contributed by atoms with Crippen LogP contribution in [0, 0.1) is 5.92 Å². The van der Waals surface area contributed by atoms with E-state index in [1.54, 1.807) is 11.8 Å². The van der Waals surface area contributed by atoms with E-state index in [0.29, 0.717) is 18.6 Å². The van der Waals surface area contributed by atoms with E-state index in [2.05, 4.69) is 12.2 Å². The molecular weight excluding hydrogens is 226 g/mol. The zero-order valence-electron chi connectivity index (χ0n) is 9.57. The van der Waals surface area contributed by atoms with E-state index in [4.69, 9.17) is 5.11 Å². The number of hydrogen-bond donors (Lipinski definition) is 2. The lowest BCUT2D eigenvalue weighted by atomic mass is 10.1. The second-order valence-corrected chi connectivity index (χ2v) is 5.27. The molecule has 1 rings (SSSR count). The first-order chi connectivity index (χ1) is 7.63. The van der Waals surface area contributed by atoms with Gasteiger partial charge in [-0.25, -0.2) is 0 Å². The fraction of sp³-hybridized carbons (Fsp3) is 0.818. The molecule has 0 spiro atoms. The second-order valence-electron chi connectivity index (χ2n) is 4.17. The van der Waals surface area contributed by atoms with E-state index in [-0.39, 0.29) is 17.9 Å². The third kappa shape index (κ3) is 4.43. The lowest BCUT2D eigenvalue weighted by Crippen LogP contribution is -2.34. The van der Waals surface area contributed by atoms with Crippen molar-refractivity contribution in [1.82, 2.24) is 5.32 Å². The van der Waals surface area contributed by atoms with Crippen molar-refractivity contribution in [3.8, 4) is 0 Å². The average molecular weight is 245 g/mol. The van der Waals surface area contributed by atoms with E-state index in [9.17, 15) is 9.59 Å². The fourth-order valence-corrected chi connectivity index (χ4v) is 2.62. The summed E-state index contributed by atoms with van der Waals surface area (Å²) in [6.07, 6.45) is 3.13. The highest BCUT2D eigenvalue weighted by Crippen LogP contribution is 2.25. The number of aliphatic carboxylic acids is 1. The van der Waals surface area contributed by atoms with Crippen LogP contribution in [0.2, 0.25) is 0 Å². The molecule has 0 heterocycles. The zero-order chi connectivity index (χ0) is 12.0. The molecule has 0 saturated heterocycles. The van der Waals surface area contributed by atoms with Gasteiger partial charge in [-0.1, -0.05) is 6.92 Å². The summed E-state index contributed by atoms with van der Waals surface area (Å²) in [6.45, 7) is 2.08. The van der Waals surface area contributed by atoms with Gasteiger partial charge in [-0.2, -0.15) is 11.8 Å². The van der Waals surface area contributed by atoms with Crippen LogP contribution in [0.5, 0.6) is 0 Å². The molecule has 1 aliphatic rings. The number of hydrogen-bond acceptors (Lipinski definition) is 3. The number of carbonyl (C=O) groups excluding carboxylic acids is 1. The van der Waals surface area contributed by atoms with Crippen molar-refractivity contribution in [2.24, 2.45) is 5.92 Å². The first-order valence-electron chi connectivity index (χ1n) is 5.73. The maximum absolute atomic E-state index is 11.5. The van der Waals surface area contributed by atoms with Gasteiger partial charge in [0.05, 0.1) is 11.7 Å². The van der Waals surface area contributed by atoms with Crippen molar-refractivity contribution in [2.75, 3.05) is 11.5 Å². The number of nitrogens with one attached hydrogen (secondary N) is 1. The number of carboxylic acids is 1. The Bertz CT molecular complexity index is 258. The molecule has 1 aliphatic carbocycles. The van der Waals surface area contributed by atoms with Crippen molar-refractivity contribution in [2.45, 2.75) is 38.6 Å². The number of thioether (sulfide) groups is 1. The van der Waals surface area contributed by atoms with Crippen LogP contribution in [-0.4, -0.2) is 34.5 Å². The molecule has 92 valence electrons. The minimum Gasteiger partial charge on any atom is -0.481 e. The molecule has 1 amide bonds. The maximum atomic E-state index is 11.5. The Hall–Kier alpha value is -0.710. The Morgan fingerprint density at radius 3 is 2.75 bits per heavy atom. The predicted molar refractivity (Wildman–Crippen MR) is 64.5 cm³/mol. The summed E-state index contributed by atoms with van der Waals surface area (Å²) in [7, 11) is 0. The summed E-state index contributed by atoms with van der Waals surface area (Å²) in [5.41, 5.74) is 0. The van der Waals surface area contributed by atoms with Gasteiger partial charge in [-0.15, -0.1) is 0 Å². The molecule has 16 heavy (non-hydrogen) atoms. The molecular formula is C11H19NO3S. The first-order valence-corrected chi connectivity index (χ1v) is 6.88. The molecule has 0 bridgehead atoms. The predicted octanol–water partition coefficient (Wildman–Crippen LogP) is 1.50. The lowest BCUT2D eigenvalue weighted by molar-refractivity contribution is -0.141. The van der Waals surface area contributed by atoms with E-state index < -0.39 is 5.97 Å². The molecule has 1 saturated carbocycles. The lowest BCUT2D eigenvalue weighted by Gasteiger charge is -2.11. The summed E-state index contributed by atoms with van der Waals surface area (Å²) in [5, 5.41) is 11.7. The van der Waals surface area contributed by atoms with E-state index in [1.807, 2.05) is 0 Å². The second kappa shape index (κ2) is 6.78. The highest BCUT2D eigenvalue weighted by atomic mass is 32.2. The van der Waals surface area contributed by atoms with E-state index in [0.717, 1.165) is 18.6 Å². The highest BCUT2D eigenvalue weighted by molar-refractivity contribution is 7.99. The summed E-state index contributed by atoms with van der Waals surface area (Å²) in [5.74, 6) is 0.512. The van der Waals surface area contributed by atoms with Crippen LogP contribution >= 0.6 is 11.8 Å². The Morgan fingerprint density at radius 2 is 2.19 bits per heavy atom. The largest absolute Gasteiger partial charge is 0.481 e. The maximum Gasteiger partial charge on any atom is 0.306 e. The van der Waals surface area contributed by atoms with Gasteiger partial charge < -0.3 is 10.4 Å². The van der Waals surface area contributed by atoms with Gasteiger partial charge in [0, 0.05) is 6.04 Å². The van der Waals surface area contributed by atoms with Crippen LogP contribution in [0.15, 0.2) is 0 Å². The number of carboxylic acid groups (broad SMARTS) is 1. The van der Waals surface area contributed by atoms with Gasteiger partial charge in [-0.3, -0.25) is 9.59 Å². The molecule has 0 aromatic carbocycles. The standard InChI is InChI=1S/C11H19NO3S/c1-2-5-16-7-10(13)12-9-4-3-8(6-9)11(14)15/h8-9H,2-7H2,1H3,(H,12,13)(H,14,15). The molecule has 0 aliphatic heterocycles. The van der Waals surface area contributed by atoms with Crippen LogP contribution in [0.1, 0.15) is 32.6 Å². The summed E-state index contributed by atoms with van der Waals surface area (Å²) in [6, 6.07) is 0.0656. The normalized spacial score (nSPS) is 24.3. The van der Waals surface area contributed by atoms with E-state index >= 15 is 0 Å². The first kappa shape index (κ1) is 13.4. The van der Waals surface area contributed by atoms with Gasteiger partial charge in [0.25, 0.3) is 0 Å². The highest BCUT2D eigenvalue weighted by Gasteiger charge is 2.30. The third-order valence-corrected chi connectivity index (χ3v) is 3.89.